The van der Waals surface area contributed by atoms with Crippen LogP contribution in [0, 0.1) is 6.92 Å². The summed E-state index contributed by atoms with van der Waals surface area (Å²) in [5.74, 6) is 1.23. The largest absolute Gasteiger partial charge is 0.435 e. The van der Waals surface area contributed by atoms with E-state index >= 15 is 0 Å². The van der Waals surface area contributed by atoms with Gasteiger partial charge in [-0.2, -0.15) is 23.3 Å². The fraction of sp³-hybridized carbons (Fsp3) is 0.481. The summed E-state index contributed by atoms with van der Waals surface area (Å²) in [4.78, 5) is 16.3. The van der Waals surface area contributed by atoms with Crippen molar-refractivity contribution in [2.45, 2.75) is 44.9 Å². The highest BCUT2D eigenvalue weighted by molar-refractivity contribution is 5.81. The van der Waals surface area contributed by atoms with Crippen LogP contribution in [0.5, 0.6) is 0 Å². The maximum absolute atomic E-state index is 14.5. The molecule has 0 amide bonds. The molecule has 1 unspecified atom stereocenters. The molecule has 5 heterocycles. The molecule has 0 radical (unpaired) electrons. The van der Waals surface area contributed by atoms with Crippen LogP contribution in [0.25, 0.3) is 28.2 Å². The summed E-state index contributed by atoms with van der Waals surface area (Å²) in [5.41, 5.74) is 1.08. The van der Waals surface area contributed by atoms with Crippen LogP contribution in [0.15, 0.2) is 30.3 Å². The molecular weight excluding hydrogens is 523 g/mol. The Morgan fingerprint density at radius 1 is 1.15 bits per heavy atom. The number of piperidine rings is 1. The number of para-hydroxylation sites is 2. The minimum absolute atomic E-state index is 0.0214. The van der Waals surface area contributed by atoms with E-state index in [0.717, 1.165) is 24.9 Å². The Kier molecular flexibility index (Phi) is 6.87. The summed E-state index contributed by atoms with van der Waals surface area (Å²) < 4.78 is 52.5. The first kappa shape index (κ1) is 26.5. The van der Waals surface area contributed by atoms with Gasteiger partial charge in [-0.1, -0.05) is 12.1 Å². The summed E-state index contributed by atoms with van der Waals surface area (Å²) in [7, 11) is 1.74. The maximum atomic E-state index is 14.5. The molecule has 2 fully saturated rings. The number of nitrogens with zero attached hydrogens (tertiary/aromatic N) is 7. The molecule has 2 N–H and O–H groups in total. The van der Waals surface area contributed by atoms with Gasteiger partial charge < -0.3 is 20.3 Å². The molecule has 212 valence electrons. The second-order valence-corrected chi connectivity index (χ2v) is 10.3. The summed E-state index contributed by atoms with van der Waals surface area (Å²) >= 11 is 0. The summed E-state index contributed by atoms with van der Waals surface area (Å²) in [6.07, 6.45) is -3.04. The third kappa shape index (κ3) is 4.66. The molecule has 2 atom stereocenters. The number of rotatable bonds is 5. The van der Waals surface area contributed by atoms with Crippen LogP contribution in [0.4, 0.5) is 24.9 Å². The van der Waals surface area contributed by atoms with E-state index in [9.17, 15) is 13.2 Å². The van der Waals surface area contributed by atoms with Gasteiger partial charge in [-0.3, -0.25) is 4.68 Å². The number of aromatic nitrogens is 6. The quantitative estimate of drug-likeness (QED) is 0.378. The van der Waals surface area contributed by atoms with Gasteiger partial charge in [-0.25, -0.2) is 14.5 Å². The Labute approximate surface area is 229 Å². The molecule has 40 heavy (non-hydrogen) atoms. The minimum Gasteiger partial charge on any atom is -0.377 e. The molecule has 0 aliphatic carbocycles. The Bertz CT molecular complexity index is 1520. The molecule has 10 nitrogen and oxygen atoms in total. The standard InChI is InChI=1S/C27H32F3N9O/c1-16-15-40-12-11-37(16)22-13-20(34-26(35-22)38-21-9-5-4-8-19(21)33-25(38)31-3)23-17(2)39(18-7-6-10-32-14-18)36-24(23)27(28,29)30/h4-5,8-9,13,16,18,32H,6-7,10-12,14-15H2,1-3H3,(H,31,33)/t16-,18?/m1/s1. The second-order valence-electron chi connectivity index (χ2n) is 10.3. The Morgan fingerprint density at radius 2 is 1.98 bits per heavy atom. The van der Waals surface area contributed by atoms with Crippen LogP contribution in [0.2, 0.25) is 0 Å². The number of alkyl halides is 3. The van der Waals surface area contributed by atoms with Crippen molar-refractivity contribution < 1.29 is 17.9 Å². The molecule has 6 rings (SSSR count). The first-order valence-corrected chi connectivity index (χ1v) is 13.5. The van der Waals surface area contributed by atoms with Gasteiger partial charge in [0.15, 0.2) is 5.69 Å². The van der Waals surface area contributed by atoms with Crippen molar-refractivity contribution in [3.05, 3.63) is 41.7 Å². The fourth-order valence-electron chi connectivity index (χ4n) is 5.68. The average Bonchev–Trinajstić information content (AvgIpc) is 3.51. The molecule has 0 spiro atoms. The number of halogens is 3. The fourth-order valence-corrected chi connectivity index (χ4v) is 5.68. The van der Waals surface area contributed by atoms with Crippen LogP contribution in [-0.4, -0.2) is 75.2 Å². The molecule has 13 heteroatoms. The number of hydrogen-bond donors (Lipinski definition) is 2. The topological polar surface area (TPSA) is 98.0 Å². The number of imidazole rings is 1. The number of hydrogen-bond acceptors (Lipinski definition) is 8. The Balaban J connectivity index is 1.60. The molecular formula is C27H32F3N9O. The first-order valence-electron chi connectivity index (χ1n) is 13.5. The highest BCUT2D eigenvalue weighted by Crippen LogP contribution is 2.40. The average molecular weight is 556 g/mol. The van der Waals surface area contributed by atoms with Gasteiger partial charge in [0.25, 0.3) is 0 Å². The van der Waals surface area contributed by atoms with E-state index in [2.05, 4.69) is 25.6 Å². The predicted octanol–water partition coefficient (Wildman–Crippen LogP) is 4.20. The van der Waals surface area contributed by atoms with Crippen molar-refractivity contribution in [2.24, 2.45) is 0 Å². The number of fused-ring (bicyclic) bond motifs is 1. The van der Waals surface area contributed by atoms with E-state index in [-0.39, 0.29) is 29.3 Å². The van der Waals surface area contributed by atoms with Gasteiger partial charge in [0.2, 0.25) is 11.9 Å². The summed E-state index contributed by atoms with van der Waals surface area (Å²) in [5, 5.41) is 10.5. The Morgan fingerprint density at radius 3 is 2.70 bits per heavy atom. The maximum Gasteiger partial charge on any atom is 0.435 e. The van der Waals surface area contributed by atoms with E-state index in [0.29, 0.717) is 49.3 Å². The van der Waals surface area contributed by atoms with Crippen LogP contribution < -0.4 is 15.5 Å². The third-order valence-corrected chi connectivity index (χ3v) is 7.64. The normalized spacial score (nSPS) is 20.3. The molecule has 3 aromatic heterocycles. The van der Waals surface area contributed by atoms with E-state index in [4.69, 9.17) is 14.7 Å². The van der Waals surface area contributed by atoms with Crippen molar-refractivity contribution in [1.29, 1.82) is 0 Å². The summed E-state index contributed by atoms with van der Waals surface area (Å²) in [6, 6.07) is 8.97. The van der Waals surface area contributed by atoms with Crippen molar-refractivity contribution in [2.75, 3.05) is 50.1 Å². The lowest BCUT2D eigenvalue weighted by Gasteiger charge is -2.34. The number of ether oxygens (including phenoxy) is 1. The number of morpholine rings is 1. The van der Waals surface area contributed by atoms with Gasteiger partial charge >= 0.3 is 6.18 Å². The SMILES string of the molecule is CNc1nc2ccccc2n1-c1nc(-c2c(C(F)(F)F)nn(C3CCCNC3)c2C)cc(N2CCOC[C@H]2C)n1. The smallest absolute Gasteiger partial charge is 0.377 e. The highest BCUT2D eigenvalue weighted by Gasteiger charge is 2.41. The molecule has 2 aliphatic heterocycles. The van der Waals surface area contributed by atoms with E-state index in [1.54, 1.807) is 24.6 Å². The van der Waals surface area contributed by atoms with Gasteiger partial charge in [0.05, 0.1) is 47.6 Å². The molecule has 1 aromatic carbocycles. The van der Waals surface area contributed by atoms with Crippen molar-refractivity contribution >= 4 is 22.8 Å². The molecule has 4 aromatic rings. The van der Waals surface area contributed by atoms with Crippen LogP contribution >= 0.6 is 0 Å². The van der Waals surface area contributed by atoms with Crippen molar-refractivity contribution in [3.63, 3.8) is 0 Å². The number of anilines is 2. The van der Waals surface area contributed by atoms with Crippen molar-refractivity contribution in [3.8, 4) is 17.2 Å². The second kappa shape index (κ2) is 10.4. The molecule has 0 saturated carbocycles. The first-order chi connectivity index (χ1) is 19.3. The third-order valence-electron chi connectivity index (χ3n) is 7.64. The predicted molar refractivity (Wildman–Crippen MR) is 146 cm³/mol. The monoisotopic (exact) mass is 555 g/mol. The van der Waals surface area contributed by atoms with Crippen LogP contribution in [-0.2, 0) is 10.9 Å². The molecule has 2 aliphatic rings. The lowest BCUT2D eigenvalue weighted by atomic mass is 10.1. The van der Waals surface area contributed by atoms with Gasteiger partial charge in [-0.15, -0.1) is 0 Å². The van der Waals surface area contributed by atoms with Gasteiger partial charge in [-0.05, 0) is 45.4 Å². The van der Waals surface area contributed by atoms with Crippen LogP contribution in [0.3, 0.4) is 0 Å². The number of benzene rings is 1. The van der Waals surface area contributed by atoms with Crippen LogP contribution in [0.1, 0.15) is 37.2 Å². The lowest BCUT2D eigenvalue weighted by Crippen LogP contribution is -2.44. The van der Waals surface area contributed by atoms with E-state index < -0.39 is 11.9 Å². The Hall–Kier alpha value is -3.71. The number of nitrogens with one attached hydrogen (secondary N) is 2. The minimum atomic E-state index is -4.66. The van der Waals surface area contributed by atoms with Crippen molar-refractivity contribution in [1.82, 2.24) is 34.6 Å². The lowest BCUT2D eigenvalue weighted by molar-refractivity contribution is -0.141. The zero-order chi connectivity index (χ0) is 28.0. The van der Waals surface area contributed by atoms with Gasteiger partial charge in [0, 0.05) is 31.9 Å². The van der Waals surface area contributed by atoms with E-state index in [1.807, 2.05) is 31.2 Å². The summed E-state index contributed by atoms with van der Waals surface area (Å²) in [6.45, 7) is 6.65. The van der Waals surface area contributed by atoms with Gasteiger partial charge in [0.1, 0.15) is 5.82 Å². The zero-order valence-electron chi connectivity index (χ0n) is 22.7. The molecule has 2 saturated heterocycles. The highest BCUT2D eigenvalue weighted by atomic mass is 19.4. The zero-order valence-corrected chi connectivity index (χ0v) is 22.7. The van der Waals surface area contributed by atoms with E-state index in [1.165, 1.54) is 4.68 Å². The molecule has 0 bridgehead atoms.